The lowest BCUT2D eigenvalue weighted by Crippen LogP contribution is -2.42. The minimum absolute atomic E-state index is 0.181. The van der Waals surface area contributed by atoms with Crippen LogP contribution in [-0.2, 0) is 6.54 Å². The van der Waals surface area contributed by atoms with Crippen LogP contribution in [-0.4, -0.2) is 45.6 Å². The molecule has 0 bridgehead atoms. The fourth-order valence-electron chi connectivity index (χ4n) is 3.04. The Morgan fingerprint density at radius 2 is 2.08 bits per heavy atom. The SMILES string of the molecule is CCCOc1nc(N)nc(NC2CCCN(Cc3ccccc3)C2)n1. The van der Waals surface area contributed by atoms with Gasteiger partial charge in [-0.1, -0.05) is 37.3 Å². The van der Waals surface area contributed by atoms with Crippen molar-refractivity contribution in [2.75, 3.05) is 30.7 Å². The van der Waals surface area contributed by atoms with Gasteiger partial charge >= 0.3 is 6.01 Å². The molecule has 0 amide bonds. The Bertz CT molecular complexity index is 666. The molecule has 1 aliphatic rings. The van der Waals surface area contributed by atoms with Crippen LogP contribution < -0.4 is 15.8 Å². The first-order valence-corrected chi connectivity index (χ1v) is 8.90. The first-order valence-electron chi connectivity index (χ1n) is 8.90. The Morgan fingerprint density at radius 1 is 1.24 bits per heavy atom. The van der Waals surface area contributed by atoms with E-state index in [0.717, 1.165) is 38.9 Å². The van der Waals surface area contributed by atoms with Gasteiger partial charge in [-0.25, -0.2) is 0 Å². The Balaban J connectivity index is 1.59. The van der Waals surface area contributed by atoms with Gasteiger partial charge in [0.2, 0.25) is 11.9 Å². The van der Waals surface area contributed by atoms with Crippen molar-refractivity contribution in [3.8, 4) is 6.01 Å². The molecule has 1 atom stereocenters. The number of likely N-dealkylation sites (tertiary alicyclic amines) is 1. The Labute approximate surface area is 148 Å². The van der Waals surface area contributed by atoms with Crippen LogP contribution in [0, 0.1) is 0 Å². The number of aromatic nitrogens is 3. The number of nitrogen functional groups attached to an aromatic ring is 1. The molecule has 0 radical (unpaired) electrons. The van der Waals surface area contributed by atoms with E-state index in [2.05, 4.69) is 49.4 Å². The third-order valence-corrected chi connectivity index (χ3v) is 4.16. The number of ether oxygens (including phenoxy) is 1. The van der Waals surface area contributed by atoms with E-state index in [-0.39, 0.29) is 12.0 Å². The second-order valence-corrected chi connectivity index (χ2v) is 6.35. The number of hydrogen-bond donors (Lipinski definition) is 2. The normalized spacial score (nSPS) is 18.0. The molecule has 1 aromatic carbocycles. The predicted molar refractivity (Wildman–Crippen MR) is 98.4 cm³/mol. The molecule has 2 heterocycles. The zero-order chi connectivity index (χ0) is 17.5. The predicted octanol–water partition coefficient (Wildman–Crippen LogP) is 2.32. The molecule has 1 aromatic heterocycles. The first kappa shape index (κ1) is 17.4. The second kappa shape index (κ2) is 8.62. The van der Waals surface area contributed by atoms with Gasteiger partial charge in [0, 0.05) is 19.1 Å². The van der Waals surface area contributed by atoms with Gasteiger partial charge in [-0.15, -0.1) is 0 Å². The van der Waals surface area contributed by atoms with Crippen LogP contribution in [0.4, 0.5) is 11.9 Å². The number of nitrogens with two attached hydrogens (primary N) is 1. The van der Waals surface area contributed by atoms with E-state index in [1.165, 1.54) is 5.56 Å². The van der Waals surface area contributed by atoms with E-state index in [9.17, 15) is 0 Å². The summed E-state index contributed by atoms with van der Waals surface area (Å²) in [6.07, 6.45) is 3.12. The van der Waals surface area contributed by atoms with Crippen LogP contribution in [0.3, 0.4) is 0 Å². The number of anilines is 2. The van der Waals surface area contributed by atoms with Crippen LogP contribution >= 0.6 is 0 Å². The van der Waals surface area contributed by atoms with Crippen molar-refractivity contribution in [2.24, 2.45) is 0 Å². The molecule has 7 heteroatoms. The highest BCUT2D eigenvalue weighted by Crippen LogP contribution is 2.17. The number of hydrogen-bond acceptors (Lipinski definition) is 7. The fourth-order valence-corrected chi connectivity index (χ4v) is 3.04. The maximum absolute atomic E-state index is 5.77. The molecule has 1 aliphatic heterocycles. The summed E-state index contributed by atoms with van der Waals surface area (Å²) in [6.45, 7) is 5.62. The van der Waals surface area contributed by atoms with Gasteiger partial charge in [0.25, 0.3) is 0 Å². The smallest absolute Gasteiger partial charge is 0.323 e. The van der Waals surface area contributed by atoms with Crippen LogP contribution in [0.25, 0.3) is 0 Å². The molecule has 3 N–H and O–H groups in total. The first-order chi connectivity index (χ1) is 12.2. The topological polar surface area (TPSA) is 89.2 Å². The summed E-state index contributed by atoms with van der Waals surface area (Å²) in [7, 11) is 0. The summed E-state index contributed by atoms with van der Waals surface area (Å²) in [5.74, 6) is 0.672. The van der Waals surface area contributed by atoms with Gasteiger partial charge in [0.05, 0.1) is 6.61 Å². The zero-order valence-corrected chi connectivity index (χ0v) is 14.7. The van der Waals surface area contributed by atoms with Crippen LogP contribution in [0.15, 0.2) is 30.3 Å². The fraction of sp³-hybridized carbons (Fsp3) is 0.500. The summed E-state index contributed by atoms with van der Waals surface area (Å²) < 4.78 is 5.47. The van der Waals surface area contributed by atoms with Crippen LogP contribution in [0.1, 0.15) is 31.7 Å². The highest BCUT2D eigenvalue weighted by Gasteiger charge is 2.21. The molecule has 3 rings (SSSR count). The van der Waals surface area contributed by atoms with E-state index < -0.39 is 0 Å². The lowest BCUT2D eigenvalue weighted by molar-refractivity contribution is 0.208. The van der Waals surface area contributed by atoms with E-state index in [0.29, 0.717) is 18.6 Å². The summed E-state index contributed by atoms with van der Waals surface area (Å²) in [5, 5.41) is 3.39. The molecule has 0 saturated carbocycles. The van der Waals surface area contributed by atoms with Gasteiger partial charge < -0.3 is 15.8 Å². The van der Waals surface area contributed by atoms with Gasteiger partial charge in [-0.3, -0.25) is 4.90 Å². The number of nitrogens with one attached hydrogen (secondary N) is 1. The number of rotatable bonds is 7. The van der Waals surface area contributed by atoms with Crippen molar-refractivity contribution in [3.63, 3.8) is 0 Å². The molecule has 1 fully saturated rings. The lowest BCUT2D eigenvalue weighted by Gasteiger charge is -2.33. The number of benzene rings is 1. The Morgan fingerprint density at radius 3 is 2.88 bits per heavy atom. The quantitative estimate of drug-likeness (QED) is 0.798. The van der Waals surface area contributed by atoms with Gasteiger partial charge in [-0.05, 0) is 31.4 Å². The van der Waals surface area contributed by atoms with Crippen molar-refractivity contribution >= 4 is 11.9 Å². The Kier molecular flexibility index (Phi) is 6.00. The van der Waals surface area contributed by atoms with E-state index >= 15 is 0 Å². The third kappa shape index (κ3) is 5.29. The van der Waals surface area contributed by atoms with E-state index in [1.54, 1.807) is 0 Å². The minimum Gasteiger partial charge on any atom is -0.463 e. The summed E-state index contributed by atoms with van der Waals surface area (Å²) in [5.41, 5.74) is 7.11. The summed E-state index contributed by atoms with van der Waals surface area (Å²) in [4.78, 5) is 15.0. The molecular formula is C18H26N6O. The maximum Gasteiger partial charge on any atom is 0.323 e. The second-order valence-electron chi connectivity index (χ2n) is 6.35. The largest absolute Gasteiger partial charge is 0.463 e. The molecule has 134 valence electrons. The molecule has 0 aliphatic carbocycles. The Hall–Kier alpha value is -2.41. The van der Waals surface area contributed by atoms with Crippen molar-refractivity contribution in [1.29, 1.82) is 0 Å². The lowest BCUT2D eigenvalue weighted by atomic mass is 10.0. The van der Waals surface area contributed by atoms with E-state index in [4.69, 9.17) is 10.5 Å². The van der Waals surface area contributed by atoms with Crippen molar-refractivity contribution in [2.45, 2.75) is 38.8 Å². The highest BCUT2D eigenvalue weighted by molar-refractivity contribution is 5.33. The van der Waals surface area contributed by atoms with E-state index in [1.807, 2.05) is 13.0 Å². The number of nitrogens with zero attached hydrogens (tertiary/aromatic N) is 4. The maximum atomic E-state index is 5.77. The standard InChI is InChI=1S/C18H26N6O/c1-2-11-25-18-22-16(19)21-17(23-18)20-15-9-6-10-24(13-15)12-14-7-4-3-5-8-14/h3-5,7-8,15H,2,6,9-13H2,1H3,(H3,19,20,21,22,23). The van der Waals surface area contributed by atoms with Crippen molar-refractivity contribution in [3.05, 3.63) is 35.9 Å². The molecule has 25 heavy (non-hydrogen) atoms. The van der Waals surface area contributed by atoms with Gasteiger partial charge in [0.15, 0.2) is 0 Å². The average Bonchev–Trinajstić information content (AvgIpc) is 2.61. The van der Waals surface area contributed by atoms with Crippen LogP contribution in [0.2, 0.25) is 0 Å². The van der Waals surface area contributed by atoms with Crippen LogP contribution in [0.5, 0.6) is 6.01 Å². The third-order valence-electron chi connectivity index (χ3n) is 4.16. The molecule has 1 unspecified atom stereocenters. The molecule has 2 aromatic rings. The van der Waals surface area contributed by atoms with Gasteiger partial charge in [0.1, 0.15) is 0 Å². The molecule has 7 nitrogen and oxygen atoms in total. The molecule has 0 spiro atoms. The van der Waals surface area contributed by atoms with Crippen molar-refractivity contribution in [1.82, 2.24) is 19.9 Å². The molecular weight excluding hydrogens is 316 g/mol. The monoisotopic (exact) mass is 342 g/mol. The molecule has 1 saturated heterocycles. The van der Waals surface area contributed by atoms with Crippen molar-refractivity contribution < 1.29 is 4.74 Å². The highest BCUT2D eigenvalue weighted by atomic mass is 16.5. The zero-order valence-electron chi connectivity index (χ0n) is 14.7. The minimum atomic E-state index is 0.181. The number of piperidine rings is 1. The summed E-state index contributed by atoms with van der Waals surface area (Å²) >= 11 is 0. The average molecular weight is 342 g/mol. The summed E-state index contributed by atoms with van der Waals surface area (Å²) in [6, 6.07) is 11.1. The van der Waals surface area contributed by atoms with Gasteiger partial charge in [-0.2, -0.15) is 15.0 Å².